The molecule has 0 radical (unpaired) electrons. The minimum atomic E-state index is -0.114. The van der Waals surface area contributed by atoms with Crippen LogP contribution in [0.5, 0.6) is 0 Å². The molecule has 25 heavy (non-hydrogen) atoms. The summed E-state index contributed by atoms with van der Waals surface area (Å²) in [4.78, 5) is 19.4. The summed E-state index contributed by atoms with van der Waals surface area (Å²) in [6, 6.07) is 5.71. The van der Waals surface area contributed by atoms with Crippen LogP contribution in [0.4, 0.5) is 5.69 Å². The second-order valence-electron chi connectivity index (χ2n) is 6.94. The van der Waals surface area contributed by atoms with E-state index in [1.54, 1.807) is 6.07 Å². The summed E-state index contributed by atoms with van der Waals surface area (Å²) in [5.41, 5.74) is 9.92. The largest absolute Gasteiger partial charge is 0.369 e. The topological polar surface area (TPSA) is 71.2 Å². The molecule has 5 nitrogen and oxygen atoms in total. The van der Waals surface area contributed by atoms with E-state index >= 15 is 0 Å². The number of pyridine rings is 1. The standard InChI is InChI=1S/C18H16Cl2N4O/c19-12-3-1-2-8(15(12)20)17-14-9(4-23-18(14)25)13(5-22-17)24-6-10-11(7-24)16(10)21/h1-3,5,10-11,16H,4,6-7,21H2,(H,23,25). The number of hydrogen-bond donors (Lipinski definition) is 2. The number of carbonyl (C=O) groups is 1. The van der Waals surface area contributed by atoms with Gasteiger partial charge < -0.3 is 16.0 Å². The monoisotopic (exact) mass is 374 g/mol. The van der Waals surface area contributed by atoms with Gasteiger partial charge in [0.2, 0.25) is 0 Å². The first-order chi connectivity index (χ1) is 12.1. The number of anilines is 1. The molecule has 1 aromatic heterocycles. The van der Waals surface area contributed by atoms with Crippen LogP contribution in [0.1, 0.15) is 15.9 Å². The smallest absolute Gasteiger partial charge is 0.254 e. The minimum Gasteiger partial charge on any atom is -0.369 e. The lowest BCUT2D eigenvalue weighted by Gasteiger charge is -2.24. The third-order valence-corrected chi connectivity index (χ3v) is 6.44. The Hall–Kier alpha value is -1.82. The number of carbonyl (C=O) groups excluding carboxylic acids is 1. The first kappa shape index (κ1) is 15.4. The third kappa shape index (κ3) is 2.19. The predicted molar refractivity (Wildman–Crippen MR) is 98.0 cm³/mol. The van der Waals surface area contributed by atoms with Gasteiger partial charge in [0, 0.05) is 36.8 Å². The Morgan fingerprint density at radius 3 is 2.76 bits per heavy atom. The zero-order valence-electron chi connectivity index (χ0n) is 13.3. The van der Waals surface area contributed by atoms with Gasteiger partial charge in [-0.1, -0.05) is 35.3 Å². The number of piperidine rings is 1. The van der Waals surface area contributed by atoms with Gasteiger partial charge >= 0.3 is 0 Å². The molecule has 1 amide bonds. The molecule has 5 rings (SSSR count). The molecule has 3 N–H and O–H groups in total. The fourth-order valence-electron chi connectivity index (χ4n) is 4.15. The molecule has 2 aromatic rings. The van der Waals surface area contributed by atoms with Crippen molar-refractivity contribution in [3.63, 3.8) is 0 Å². The molecule has 0 bridgehead atoms. The van der Waals surface area contributed by atoms with Crippen LogP contribution in [0.15, 0.2) is 24.4 Å². The van der Waals surface area contributed by atoms with Gasteiger partial charge in [-0.05, 0) is 17.9 Å². The Kier molecular flexibility index (Phi) is 3.29. The molecule has 2 atom stereocenters. The van der Waals surface area contributed by atoms with Gasteiger partial charge in [-0.15, -0.1) is 0 Å². The van der Waals surface area contributed by atoms with Crippen molar-refractivity contribution in [1.82, 2.24) is 10.3 Å². The van der Waals surface area contributed by atoms with Crippen LogP contribution in [-0.4, -0.2) is 30.0 Å². The zero-order chi connectivity index (χ0) is 17.3. The number of nitrogens with zero attached hydrogens (tertiary/aromatic N) is 2. The van der Waals surface area contributed by atoms with Crippen LogP contribution in [0.3, 0.4) is 0 Å². The van der Waals surface area contributed by atoms with E-state index in [2.05, 4.69) is 15.2 Å². The highest BCUT2D eigenvalue weighted by Crippen LogP contribution is 2.47. The summed E-state index contributed by atoms with van der Waals surface area (Å²) in [5, 5.41) is 3.78. The summed E-state index contributed by atoms with van der Waals surface area (Å²) >= 11 is 12.5. The van der Waals surface area contributed by atoms with Crippen molar-refractivity contribution >= 4 is 34.8 Å². The Morgan fingerprint density at radius 2 is 2.00 bits per heavy atom. The van der Waals surface area contributed by atoms with Gasteiger partial charge in [-0.2, -0.15) is 0 Å². The molecular weight excluding hydrogens is 359 g/mol. The molecule has 0 spiro atoms. The highest BCUT2D eigenvalue weighted by molar-refractivity contribution is 6.43. The van der Waals surface area contributed by atoms with Crippen molar-refractivity contribution in [3.05, 3.63) is 45.6 Å². The fraction of sp³-hybridized carbons (Fsp3) is 0.333. The van der Waals surface area contributed by atoms with E-state index in [0.29, 0.717) is 51.3 Å². The molecular formula is C18H16Cl2N4O. The van der Waals surface area contributed by atoms with Crippen molar-refractivity contribution in [3.8, 4) is 11.3 Å². The van der Waals surface area contributed by atoms with Gasteiger partial charge in [0.1, 0.15) is 0 Å². The van der Waals surface area contributed by atoms with Gasteiger partial charge in [0.05, 0.1) is 33.2 Å². The Balaban J connectivity index is 1.62. The number of rotatable bonds is 2. The fourth-order valence-corrected chi connectivity index (χ4v) is 4.54. The number of hydrogen-bond acceptors (Lipinski definition) is 4. The number of fused-ring (bicyclic) bond motifs is 2. The van der Waals surface area contributed by atoms with Crippen molar-refractivity contribution in [2.75, 3.05) is 18.0 Å². The lowest BCUT2D eigenvalue weighted by atomic mass is 10.0. The van der Waals surface area contributed by atoms with E-state index in [1.807, 2.05) is 18.3 Å². The molecule has 3 aliphatic rings. The minimum absolute atomic E-state index is 0.114. The maximum Gasteiger partial charge on any atom is 0.254 e. The number of benzene rings is 1. The maximum atomic E-state index is 12.5. The number of nitrogens with two attached hydrogens (primary N) is 1. The van der Waals surface area contributed by atoms with Crippen molar-refractivity contribution in [2.45, 2.75) is 12.6 Å². The molecule has 2 fully saturated rings. The number of aromatic nitrogens is 1. The summed E-state index contributed by atoms with van der Waals surface area (Å²) in [6.45, 7) is 2.38. The third-order valence-electron chi connectivity index (χ3n) is 5.62. The van der Waals surface area contributed by atoms with Gasteiger partial charge in [-0.3, -0.25) is 9.78 Å². The van der Waals surface area contributed by atoms with E-state index in [4.69, 9.17) is 28.9 Å². The molecule has 1 aromatic carbocycles. The van der Waals surface area contributed by atoms with Crippen LogP contribution < -0.4 is 16.0 Å². The highest BCUT2D eigenvalue weighted by Gasteiger charge is 2.54. The van der Waals surface area contributed by atoms with Crippen molar-refractivity contribution in [1.29, 1.82) is 0 Å². The number of halogens is 2. The van der Waals surface area contributed by atoms with Crippen LogP contribution in [0, 0.1) is 11.8 Å². The van der Waals surface area contributed by atoms with E-state index in [-0.39, 0.29) is 5.91 Å². The molecule has 1 aliphatic carbocycles. The Bertz CT molecular complexity index is 904. The molecule has 7 heteroatoms. The molecule has 1 saturated carbocycles. The second-order valence-corrected chi connectivity index (χ2v) is 7.72. The van der Waals surface area contributed by atoms with Gasteiger partial charge in [-0.25, -0.2) is 0 Å². The summed E-state index contributed by atoms with van der Waals surface area (Å²) in [6.07, 6.45) is 1.85. The molecule has 3 heterocycles. The number of nitrogens with one attached hydrogen (secondary N) is 1. The molecule has 128 valence electrons. The number of amides is 1. The van der Waals surface area contributed by atoms with E-state index in [0.717, 1.165) is 24.3 Å². The Labute approximate surface area is 155 Å². The van der Waals surface area contributed by atoms with Gasteiger partial charge in [0.15, 0.2) is 0 Å². The molecule has 2 unspecified atom stereocenters. The molecule has 2 aliphatic heterocycles. The highest BCUT2D eigenvalue weighted by atomic mass is 35.5. The van der Waals surface area contributed by atoms with E-state index < -0.39 is 0 Å². The Morgan fingerprint density at radius 1 is 1.24 bits per heavy atom. The summed E-state index contributed by atoms with van der Waals surface area (Å²) < 4.78 is 0. The van der Waals surface area contributed by atoms with Crippen LogP contribution in [0.2, 0.25) is 10.0 Å². The van der Waals surface area contributed by atoms with Crippen LogP contribution in [0.25, 0.3) is 11.3 Å². The maximum absolute atomic E-state index is 12.5. The van der Waals surface area contributed by atoms with Crippen LogP contribution in [-0.2, 0) is 6.54 Å². The van der Waals surface area contributed by atoms with E-state index in [9.17, 15) is 4.79 Å². The predicted octanol–water partition coefficient (Wildman–Crippen LogP) is 2.69. The normalized spacial score (nSPS) is 26.4. The molecule has 1 saturated heterocycles. The quantitative estimate of drug-likeness (QED) is 0.847. The average molecular weight is 375 g/mol. The lowest BCUT2D eigenvalue weighted by molar-refractivity contribution is 0.0966. The van der Waals surface area contributed by atoms with Crippen LogP contribution >= 0.6 is 23.2 Å². The SMILES string of the molecule is NC1C2CN(c3cnc(-c4cccc(Cl)c4Cl)c4c3CNC4=O)CC12. The second kappa shape index (κ2) is 5.34. The first-order valence-electron chi connectivity index (χ1n) is 8.31. The average Bonchev–Trinajstić information content (AvgIpc) is 2.98. The zero-order valence-corrected chi connectivity index (χ0v) is 14.8. The first-order valence-corrected chi connectivity index (χ1v) is 9.07. The van der Waals surface area contributed by atoms with Crippen molar-refractivity contribution < 1.29 is 4.79 Å². The van der Waals surface area contributed by atoms with Crippen molar-refractivity contribution in [2.24, 2.45) is 17.6 Å². The summed E-state index contributed by atoms with van der Waals surface area (Å²) in [5.74, 6) is 1.03. The van der Waals surface area contributed by atoms with E-state index in [1.165, 1.54) is 0 Å². The van der Waals surface area contributed by atoms with Gasteiger partial charge in [0.25, 0.3) is 5.91 Å². The summed E-state index contributed by atoms with van der Waals surface area (Å²) in [7, 11) is 0. The lowest BCUT2D eigenvalue weighted by Crippen LogP contribution is -2.29.